The molecule has 30 heteroatoms. The van der Waals surface area contributed by atoms with Crippen LogP contribution in [0.4, 0.5) is 0 Å². The molecule has 0 aromatic heterocycles. The van der Waals surface area contributed by atoms with Crippen LogP contribution < -0.4 is 97.8 Å². The maximum Gasteiger partial charge on any atom is 0.234 e. The lowest BCUT2D eigenvalue weighted by molar-refractivity contribution is -0.127. The highest BCUT2D eigenvalue weighted by Crippen LogP contribution is 2.09. The minimum atomic E-state index is -0.422. The molecule has 0 radical (unpaired) electrons. The zero-order chi connectivity index (χ0) is 88.1. The molecule has 0 aliphatic carbocycles. The van der Waals surface area contributed by atoms with Crippen molar-refractivity contribution in [2.45, 2.75) is 310 Å². The first kappa shape index (κ1) is 120. The Kier molecular flexibility index (Phi) is 93.7. The van der Waals surface area contributed by atoms with Crippen molar-refractivity contribution in [1.29, 1.82) is 0 Å². The van der Waals surface area contributed by atoms with E-state index in [2.05, 4.69) is 83.0 Å². The van der Waals surface area contributed by atoms with Gasteiger partial charge in [-0.15, -0.1) is 0 Å². The summed E-state index contributed by atoms with van der Waals surface area (Å²) >= 11 is 0. The number of rotatable bonds is 66. The van der Waals surface area contributed by atoms with Gasteiger partial charge in [0.05, 0.1) is 55.4 Å². The van der Waals surface area contributed by atoms with Crippen molar-refractivity contribution in [3.05, 3.63) is 35.9 Å². The number of nitrogens with two attached hydrogens (primary N) is 5. The highest BCUT2D eigenvalue weighted by Gasteiger charge is 2.20. The van der Waals surface area contributed by atoms with Gasteiger partial charge in [0.1, 0.15) is 23.1 Å². The van der Waals surface area contributed by atoms with E-state index in [1.54, 1.807) is 41.8 Å². The molecule has 1 aromatic rings. The Morgan fingerprint density at radius 3 is 0.957 bits per heavy atom. The van der Waals surface area contributed by atoms with E-state index in [1.807, 2.05) is 58.5 Å². The standard InChI is InChI=1S/C16H24N2O2.3C13H27N3O2.C12H26N2O.C10H21N3O2.C8H18N2O/c1-13(19)15(12-14-8-4-3-5-9-14)18-16(20)10-6-7-11-17-2;1-11(17)12(15-2)7-4-6-10-16-13(18)8-3-5-9-14;1-11(17)12(7-4-6-10-15-2)16-13(18)8-3-5-9-14;1-3-4-8-15-9-6-5-7-12(11(2)17)16-13(18)10-14;1-4-5-10-14-12(11(2)15)8-6-7-9-13-3;1-8(14)9(12-2)5-3-4-6-13-10(15)7-11;1-7(11)8(10-2)5-3-4-6-9/h3-5,8-9,15,17H,6-7,10-12H2,1-2H3,(H,18,20);3*12,15H,3-10,14H2,1-2H3,(H,16,18);12-14H,4-10H2,1-3H3;9,12H,3-7,11H2,1-2H3,(H,13,15);8,10H,3-6,9H2,1-2H3. The van der Waals surface area contributed by atoms with E-state index in [4.69, 9.17) is 28.7 Å². The number of unbranched alkanes of at least 4 members (excludes halogenated alkanes) is 11. The molecule has 0 saturated carbocycles. The molecule has 5 amide bonds. The van der Waals surface area contributed by atoms with Gasteiger partial charge < -0.3 is 97.8 Å². The summed E-state index contributed by atoms with van der Waals surface area (Å²) in [7, 11) is 11.2. The predicted molar refractivity (Wildman–Crippen MR) is 471 cm³/mol. The second-order valence-electron chi connectivity index (χ2n) is 28.9. The number of Topliss-reactive ketones (excluding diaryl/α,β-unsaturated/α-hetero) is 7. The Hall–Kier alpha value is -6.26. The number of amides is 5. The average Bonchev–Trinajstić information content (AvgIpc) is 0.899. The Morgan fingerprint density at radius 2 is 0.591 bits per heavy atom. The molecule has 23 N–H and O–H groups in total. The average molecular weight is 1640 g/mol. The van der Waals surface area contributed by atoms with Gasteiger partial charge in [-0.05, 0) is 316 Å². The van der Waals surface area contributed by atoms with Gasteiger partial charge in [-0.2, -0.15) is 0 Å². The largest absolute Gasteiger partial charge is 0.356 e. The van der Waals surface area contributed by atoms with Crippen LogP contribution in [-0.2, 0) is 64.0 Å². The summed E-state index contributed by atoms with van der Waals surface area (Å²) in [5.74, 6) is 0.449. The number of carbonyl (C=O) groups is 12. The van der Waals surface area contributed by atoms with Crippen LogP contribution in [0, 0.1) is 0 Å². The number of benzene rings is 1. The summed E-state index contributed by atoms with van der Waals surface area (Å²) in [6, 6.07) is 8.61. The van der Waals surface area contributed by atoms with Gasteiger partial charge in [0.2, 0.25) is 29.5 Å². The van der Waals surface area contributed by atoms with E-state index < -0.39 is 6.04 Å². The monoisotopic (exact) mass is 1640 g/mol. The van der Waals surface area contributed by atoms with Gasteiger partial charge in [-0.1, -0.05) is 69.9 Å². The Balaban J connectivity index is -0.000000303. The number of hydrogen-bond donors (Lipinski definition) is 18. The maximum atomic E-state index is 11.8. The van der Waals surface area contributed by atoms with E-state index in [1.165, 1.54) is 40.0 Å². The predicted octanol–water partition coefficient (Wildman–Crippen LogP) is 4.85. The molecule has 7 unspecified atom stereocenters. The van der Waals surface area contributed by atoms with Crippen LogP contribution in [0.15, 0.2) is 30.3 Å². The lowest BCUT2D eigenvalue weighted by Crippen LogP contribution is -2.42. The molecular formula is C85H170N18O12. The summed E-state index contributed by atoms with van der Waals surface area (Å²) < 4.78 is 0. The lowest BCUT2D eigenvalue weighted by Gasteiger charge is -2.16. The first-order valence-electron chi connectivity index (χ1n) is 42.9. The summed E-state index contributed by atoms with van der Waals surface area (Å²) in [4.78, 5) is 135. The molecule has 1 rings (SSSR count). The van der Waals surface area contributed by atoms with Crippen LogP contribution in [0.1, 0.15) is 267 Å². The van der Waals surface area contributed by atoms with Crippen molar-refractivity contribution in [1.82, 2.24) is 69.1 Å². The third-order valence-electron chi connectivity index (χ3n) is 18.4. The third-order valence-corrected chi connectivity index (χ3v) is 18.4. The van der Waals surface area contributed by atoms with Gasteiger partial charge in [0.25, 0.3) is 0 Å². The molecule has 1 aromatic carbocycles. The fraction of sp³-hybridized carbons (Fsp3) is 0.788. The van der Waals surface area contributed by atoms with Crippen LogP contribution in [0.25, 0.3) is 0 Å². The molecule has 0 aliphatic heterocycles. The molecular weight excluding hydrogens is 1470 g/mol. The number of nitrogens with one attached hydrogen (secondary N) is 13. The van der Waals surface area contributed by atoms with Crippen molar-refractivity contribution < 1.29 is 57.5 Å². The van der Waals surface area contributed by atoms with Crippen LogP contribution in [-0.4, -0.2) is 240 Å². The second kappa shape index (κ2) is 90.1. The number of carbonyl (C=O) groups excluding carboxylic acids is 12. The van der Waals surface area contributed by atoms with Gasteiger partial charge in [-0.3, -0.25) is 57.5 Å². The Bertz CT molecular complexity index is 2560. The molecule has 30 nitrogen and oxygen atoms in total. The minimum absolute atomic E-state index is 0.00238. The molecule has 0 bridgehead atoms. The van der Waals surface area contributed by atoms with E-state index in [-0.39, 0.29) is 119 Å². The number of ketones is 7. The van der Waals surface area contributed by atoms with E-state index in [0.717, 1.165) is 199 Å². The zero-order valence-electron chi connectivity index (χ0n) is 74.5. The van der Waals surface area contributed by atoms with E-state index >= 15 is 0 Å². The van der Waals surface area contributed by atoms with Gasteiger partial charge in [0.15, 0.2) is 17.3 Å². The quantitative estimate of drug-likeness (QED) is 0.0387. The normalized spacial score (nSPS) is 12.3. The Labute approximate surface area is 695 Å². The highest BCUT2D eigenvalue weighted by atomic mass is 16.2. The van der Waals surface area contributed by atoms with Crippen molar-refractivity contribution >= 4 is 70.0 Å². The van der Waals surface area contributed by atoms with Crippen molar-refractivity contribution in [3.63, 3.8) is 0 Å². The smallest absolute Gasteiger partial charge is 0.234 e. The van der Waals surface area contributed by atoms with E-state index in [9.17, 15) is 57.5 Å². The summed E-state index contributed by atoms with van der Waals surface area (Å²) in [5.41, 5.74) is 27.4. The first-order valence-corrected chi connectivity index (χ1v) is 42.9. The molecule has 0 aliphatic rings. The van der Waals surface area contributed by atoms with Gasteiger partial charge >= 0.3 is 0 Å². The first-order chi connectivity index (χ1) is 55.0. The van der Waals surface area contributed by atoms with Crippen LogP contribution in [0.2, 0.25) is 0 Å². The molecule has 7 atom stereocenters. The van der Waals surface area contributed by atoms with Crippen LogP contribution in [0.3, 0.4) is 0 Å². The van der Waals surface area contributed by atoms with E-state index in [0.29, 0.717) is 64.8 Å². The summed E-state index contributed by atoms with van der Waals surface area (Å²) in [6.45, 7) is 24.5. The summed E-state index contributed by atoms with van der Waals surface area (Å²) in [6.07, 6.45) is 28.7. The summed E-state index contributed by atoms with van der Waals surface area (Å²) in [5, 5.41) is 38.7. The highest BCUT2D eigenvalue weighted by molar-refractivity contribution is 5.89. The van der Waals surface area contributed by atoms with Crippen LogP contribution >= 0.6 is 0 Å². The topological polar surface area (TPSA) is 491 Å². The second-order valence-corrected chi connectivity index (χ2v) is 28.9. The maximum absolute atomic E-state index is 11.8. The zero-order valence-corrected chi connectivity index (χ0v) is 74.5. The fourth-order valence-electron chi connectivity index (χ4n) is 11.1. The molecule has 0 saturated heterocycles. The van der Waals surface area contributed by atoms with Gasteiger partial charge in [-0.25, -0.2) is 0 Å². The van der Waals surface area contributed by atoms with Crippen molar-refractivity contribution in [3.8, 4) is 0 Å². The lowest BCUT2D eigenvalue weighted by atomic mass is 10.0. The SMILES string of the molecule is CCCCNC(CCCCNC)C(C)=O.CCCCNCCCCC(NC(=O)CN)C(C)=O.CNC(CCCCN)C(C)=O.CNC(CCCCNC(=O)CCCCN)C(C)=O.CNC(CCCCNC(=O)CN)C(C)=O.CNCCCCC(=O)NC(Cc1ccccc1)C(C)=O.CNCCCCC(NC(=O)CCCCN)C(C)=O. The molecule has 0 heterocycles. The molecule has 115 heavy (non-hydrogen) atoms. The van der Waals surface area contributed by atoms with Crippen LogP contribution in [0.5, 0.6) is 0 Å². The molecule has 0 fully saturated rings. The van der Waals surface area contributed by atoms with Crippen molar-refractivity contribution in [2.24, 2.45) is 28.7 Å². The molecule has 0 spiro atoms. The number of likely N-dealkylation sites (N-methyl/N-ethyl adjacent to an activating group) is 3. The Morgan fingerprint density at radius 1 is 0.296 bits per heavy atom. The fourth-order valence-corrected chi connectivity index (χ4v) is 11.1. The van der Waals surface area contributed by atoms with Crippen molar-refractivity contribution in [2.75, 3.05) is 127 Å². The van der Waals surface area contributed by atoms with Gasteiger partial charge in [0, 0.05) is 32.4 Å². The molecule has 672 valence electrons. The number of hydrogen-bond acceptors (Lipinski definition) is 25. The minimum Gasteiger partial charge on any atom is -0.356 e. The third kappa shape index (κ3) is 85.4.